The summed E-state index contributed by atoms with van der Waals surface area (Å²) in [6, 6.07) is 0. The number of carboxylic acids is 1. The summed E-state index contributed by atoms with van der Waals surface area (Å²) in [7, 11) is 0. The third kappa shape index (κ3) is 2.80. The Morgan fingerprint density at radius 3 is 2.47 bits per heavy atom. The molecule has 5 nitrogen and oxygen atoms in total. The number of nitrogens with two attached hydrogens (primary N) is 1. The summed E-state index contributed by atoms with van der Waals surface area (Å²) in [4.78, 5) is 23.1. The van der Waals surface area contributed by atoms with Crippen molar-refractivity contribution in [3.05, 3.63) is 14.2 Å². The predicted octanol–water partition coefficient (Wildman–Crippen LogP) is 2.62. The van der Waals surface area contributed by atoms with E-state index < -0.39 is 11.4 Å². The normalized spacial score (nSPS) is 16.1. The molecule has 0 saturated heterocycles. The first-order chi connectivity index (χ1) is 8.87. The van der Waals surface area contributed by atoms with E-state index in [1.54, 1.807) is 0 Å². The van der Waals surface area contributed by atoms with E-state index in [9.17, 15) is 9.59 Å². The van der Waals surface area contributed by atoms with Crippen LogP contribution < -0.4 is 11.1 Å². The van der Waals surface area contributed by atoms with Crippen molar-refractivity contribution in [1.82, 2.24) is 5.32 Å². The summed E-state index contributed by atoms with van der Waals surface area (Å²) >= 11 is 12.6. The van der Waals surface area contributed by atoms with Crippen LogP contribution in [0.5, 0.6) is 0 Å². The van der Waals surface area contributed by atoms with Crippen molar-refractivity contribution in [1.29, 1.82) is 0 Å². The van der Waals surface area contributed by atoms with Crippen molar-refractivity contribution in [2.75, 3.05) is 12.3 Å². The van der Waals surface area contributed by atoms with Gasteiger partial charge in [-0.15, -0.1) is 11.3 Å². The second-order valence-corrected chi connectivity index (χ2v) is 6.52. The number of carbonyl (C=O) groups is 2. The molecule has 1 aliphatic rings. The lowest BCUT2D eigenvalue weighted by Gasteiger charge is -2.10. The molecule has 0 unspecified atom stereocenters. The SMILES string of the molecule is Nc1c(C(=O)NCCC2(C(=O)O)CC2)sc(Cl)c1Cl. The number of anilines is 1. The van der Waals surface area contributed by atoms with Crippen LogP contribution in [0.25, 0.3) is 0 Å². The third-order valence-corrected chi connectivity index (χ3v) is 5.26. The second kappa shape index (κ2) is 5.19. The van der Waals surface area contributed by atoms with Crippen LogP contribution in [-0.4, -0.2) is 23.5 Å². The molecule has 8 heteroatoms. The van der Waals surface area contributed by atoms with Gasteiger partial charge in [-0.05, 0) is 19.3 Å². The van der Waals surface area contributed by atoms with Crippen LogP contribution in [0.1, 0.15) is 28.9 Å². The van der Waals surface area contributed by atoms with Crippen LogP contribution in [0, 0.1) is 5.41 Å². The number of aliphatic carboxylic acids is 1. The number of amides is 1. The first kappa shape index (κ1) is 14.4. The Morgan fingerprint density at radius 2 is 2.05 bits per heavy atom. The Hall–Kier alpha value is -0.980. The number of carboxylic acid groups (broad SMARTS) is 1. The molecule has 0 aliphatic heterocycles. The van der Waals surface area contributed by atoms with Crippen molar-refractivity contribution in [3.63, 3.8) is 0 Å². The van der Waals surface area contributed by atoms with Gasteiger partial charge in [0.05, 0.1) is 16.1 Å². The number of thiophene rings is 1. The zero-order valence-electron chi connectivity index (χ0n) is 9.83. The number of hydrogen-bond donors (Lipinski definition) is 3. The molecular formula is C11H12Cl2N2O3S. The van der Waals surface area contributed by atoms with Crippen LogP contribution in [0.15, 0.2) is 0 Å². The zero-order chi connectivity index (χ0) is 14.2. The van der Waals surface area contributed by atoms with E-state index in [2.05, 4.69) is 5.32 Å². The Kier molecular flexibility index (Phi) is 3.94. The predicted molar refractivity (Wildman–Crippen MR) is 75.0 cm³/mol. The maximum absolute atomic E-state index is 11.9. The van der Waals surface area contributed by atoms with E-state index in [0.29, 0.717) is 19.3 Å². The molecule has 1 aliphatic carbocycles. The summed E-state index contributed by atoms with van der Waals surface area (Å²) in [5.41, 5.74) is 5.17. The van der Waals surface area contributed by atoms with Crippen molar-refractivity contribution in [2.45, 2.75) is 19.3 Å². The smallest absolute Gasteiger partial charge is 0.309 e. The molecular weight excluding hydrogens is 311 g/mol. The van der Waals surface area contributed by atoms with E-state index in [4.69, 9.17) is 34.0 Å². The summed E-state index contributed by atoms with van der Waals surface area (Å²) < 4.78 is 0.272. The standard InChI is InChI=1S/C11H12Cl2N2O3S/c12-5-6(14)7(19-8(5)13)9(16)15-4-3-11(1-2-11)10(17)18/h1-4,14H2,(H,15,16)(H,17,18). The van der Waals surface area contributed by atoms with Crippen molar-refractivity contribution in [3.8, 4) is 0 Å². The highest BCUT2D eigenvalue weighted by molar-refractivity contribution is 7.19. The molecule has 0 atom stereocenters. The maximum atomic E-state index is 11.9. The number of halogens is 2. The molecule has 1 fully saturated rings. The number of nitrogen functional groups attached to an aromatic ring is 1. The van der Waals surface area contributed by atoms with Gasteiger partial charge in [0, 0.05) is 6.54 Å². The molecule has 0 aromatic carbocycles. The molecule has 1 amide bonds. The Balaban J connectivity index is 1.92. The second-order valence-electron chi connectivity index (χ2n) is 4.52. The Labute approximate surface area is 123 Å². The molecule has 1 saturated carbocycles. The van der Waals surface area contributed by atoms with Crippen LogP contribution in [0.4, 0.5) is 5.69 Å². The van der Waals surface area contributed by atoms with Gasteiger partial charge in [-0.1, -0.05) is 23.2 Å². The lowest BCUT2D eigenvalue weighted by Crippen LogP contribution is -2.28. The van der Waals surface area contributed by atoms with Gasteiger partial charge in [0.1, 0.15) is 9.21 Å². The van der Waals surface area contributed by atoms with Gasteiger partial charge in [0.25, 0.3) is 5.91 Å². The summed E-state index contributed by atoms with van der Waals surface area (Å²) in [6.07, 6.45) is 1.74. The lowest BCUT2D eigenvalue weighted by molar-refractivity contribution is -0.143. The molecule has 1 aromatic rings. The number of nitrogens with one attached hydrogen (secondary N) is 1. The number of rotatable bonds is 5. The lowest BCUT2D eigenvalue weighted by atomic mass is 10.0. The average Bonchev–Trinajstić information content (AvgIpc) is 3.10. The topological polar surface area (TPSA) is 92.4 Å². The van der Waals surface area contributed by atoms with Gasteiger partial charge in [-0.25, -0.2) is 0 Å². The molecule has 104 valence electrons. The summed E-state index contributed by atoms with van der Waals surface area (Å²) in [6.45, 7) is 0.289. The maximum Gasteiger partial charge on any atom is 0.309 e. The van der Waals surface area contributed by atoms with Crippen LogP contribution >= 0.6 is 34.5 Å². The minimum atomic E-state index is -0.802. The highest BCUT2D eigenvalue weighted by Crippen LogP contribution is 2.48. The zero-order valence-corrected chi connectivity index (χ0v) is 12.2. The van der Waals surface area contributed by atoms with Gasteiger partial charge in [-0.2, -0.15) is 0 Å². The van der Waals surface area contributed by atoms with Gasteiger partial charge in [0.15, 0.2) is 0 Å². The third-order valence-electron chi connectivity index (χ3n) is 3.25. The summed E-state index contributed by atoms with van der Waals surface area (Å²) in [5.74, 6) is -1.18. The monoisotopic (exact) mass is 322 g/mol. The number of carbonyl (C=O) groups excluding carboxylic acids is 1. The van der Waals surface area contributed by atoms with Crippen LogP contribution in [0.2, 0.25) is 9.36 Å². The van der Waals surface area contributed by atoms with E-state index in [1.165, 1.54) is 0 Å². The van der Waals surface area contributed by atoms with E-state index >= 15 is 0 Å². The average molecular weight is 323 g/mol. The molecule has 0 bridgehead atoms. The molecule has 4 N–H and O–H groups in total. The fraction of sp³-hybridized carbons (Fsp3) is 0.455. The molecule has 19 heavy (non-hydrogen) atoms. The first-order valence-electron chi connectivity index (χ1n) is 5.62. The molecule has 2 rings (SSSR count). The van der Waals surface area contributed by atoms with E-state index in [-0.39, 0.29) is 32.4 Å². The van der Waals surface area contributed by atoms with Crippen LogP contribution in [0.3, 0.4) is 0 Å². The first-order valence-corrected chi connectivity index (χ1v) is 7.19. The molecule has 1 heterocycles. The van der Waals surface area contributed by atoms with Crippen molar-refractivity contribution in [2.24, 2.45) is 5.41 Å². The van der Waals surface area contributed by atoms with Crippen molar-refractivity contribution < 1.29 is 14.7 Å². The van der Waals surface area contributed by atoms with E-state index in [0.717, 1.165) is 11.3 Å². The quantitative estimate of drug-likeness (QED) is 0.776. The minimum Gasteiger partial charge on any atom is -0.481 e. The Bertz CT molecular complexity index is 540. The van der Waals surface area contributed by atoms with E-state index in [1.807, 2.05) is 0 Å². The number of hydrogen-bond acceptors (Lipinski definition) is 4. The molecule has 1 aromatic heterocycles. The van der Waals surface area contributed by atoms with Gasteiger partial charge in [-0.3, -0.25) is 9.59 Å². The summed E-state index contributed by atoms with van der Waals surface area (Å²) in [5, 5.41) is 11.8. The minimum absolute atomic E-state index is 0.161. The fourth-order valence-electron chi connectivity index (χ4n) is 1.78. The molecule has 0 spiro atoms. The van der Waals surface area contributed by atoms with Crippen LogP contribution in [-0.2, 0) is 4.79 Å². The fourth-order valence-corrected chi connectivity index (χ4v) is 3.14. The highest BCUT2D eigenvalue weighted by atomic mass is 35.5. The van der Waals surface area contributed by atoms with Gasteiger partial charge < -0.3 is 16.2 Å². The van der Waals surface area contributed by atoms with Gasteiger partial charge in [0.2, 0.25) is 0 Å². The highest BCUT2D eigenvalue weighted by Gasteiger charge is 2.49. The molecule has 0 radical (unpaired) electrons. The Morgan fingerprint density at radius 1 is 1.42 bits per heavy atom. The van der Waals surface area contributed by atoms with Crippen molar-refractivity contribution >= 4 is 52.1 Å². The largest absolute Gasteiger partial charge is 0.481 e. The van der Waals surface area contributed by atoms with Gasteiger partial charge >= 0.3 is 5.97 Å².